The van der Waals surface area contributed by atoms with Crippen LogP contribution in [0.3, 0.4) is 0 Å². The first-order chi connectivity index (χ1) is 5.38. The Morgan fingerprint density at radius 2 is 2.17 bits per heavy atom. The first-order valence-corrected chi connectivity index (χ1v) is 5.94. The summed E-state index contributed by atoms with van der Waals surface area (Å²) < 4.78 is 3.24. The second kappa shape index (κ2) is 4.69. The molecule has 0 bridgehead atoms. The summed E-state index contributed by atoms with van der Waals surface area (Å²) in [7, 11) is 0. The van der Waals surface area contributed by atoms with Gasteiger partial charge in [-0.1, -0.05) is 11.8 Å². The van der Waals surface area contributed by atoms with Crippen LogP contribution in [0.5, 0.6) is 0 Å². The monoisotopic (exact) mass is 240 g/mol. The molecule has 1 N–H and O–H groups in total. The number of thiocarbonyl (C=S) groups is 1. The molecule has 0 amide bonds. The Hall–Kier alpha value is 0.550. The van der Waals surface area contributed by atoms with Crippen molar-refractivity contribution < 1.29 is 17.0 Å². The summed E-state index contributed by atoms with van der Waals surface area (Å²) in [6.45, 7) is 2.17. The summed E-state index contributed by atoms with van der Waals surface area (Å²) in [5.74, 6) is 2.32. The van der Waals surface area contributed by atoms with Gasteiger partial charge < -0.3 is 12.4 Å². The van der Waals surface area contributed by atoms with Crippen LogP contribution < -0.4 is 17.7 Å². The molecule has 2 aliphatic rings. The number of nitrogens with zero attached hydrogens (tertiary/aromatic N) is 1. The smallest absolute Gasteiger partial charge is 0.312 e. The van der Waals surface area contributed by atoms with E-state index in [9.17, 15) is 0 Å². The molecule has 2 heterocycles. The van der Waals surface area contributed by atoms with Gasteiger partial charge in [0, 0.05) is 11.5 Å². The van der Waals surface area contributed by atoms with Crippen LogP contribution in [0.1, 0.15) is 0 Å². The normalized spacial score (nSPS) is 28.5. The van der Waals surface area contributed by atoms with Crippen molar-refractivity contribution in [1.82, 2.24) is 5.32 Å². The number of hydrogen-bond acceptors (Lipinski definition) is 3. The van der Waals surface area contributed by atoms with Gasteiger partial charge in [-0.25, -0.2) is 4.58 Å². The standard InChI is InChI=1S/C6H8N2S3.ClH/c9-6-8(2-4-11-6)5-7-1-3-10-5;/h1-4H2;1H. The number of hydrogen-bond donors (Lipinski definition) is 1. The van der Waals surface area contributed by atoms with Gasteiger partial charge in [0.15, 0.2) is 0 Å². The van der Waals surface area contributed by atoms with Crippen molar-refractivity contribution in [2.75, 3.05) is 24.6 Å². The first-order valence-electron chi connectivity index (χ1n) is 3.56. The molecule has 0 spiro atoms. The maximum atomic E-state index is 5.19. The highest BCUT2D eigenvalue weighted by Gasteiger charge is 2.26. The fourth-order valence-corrected chi connectivity index (χ4v) is 3.38. The number of rotatable bonds is 0. The third-order valence-electron chi connectivity index (χ3n) is 1.62. The van der Waals surface area contributed by atoms with E-state index >= 15 is 0 Å². The van der Waals surface area contributed by atoms with Crippen LogP contribution in [0, 0.1) is 0 Å². The van der Waals surface area contributed by atoms with Crippen molar-refractivity contribution in [3.05, 3.63) is 0 Å². The van der Waals surface area contributed by atoms with Crippen LogP contribution in [0.25, 0.3) is 0 Å². The Labute approximate surface area is 92.0 Å². The lowest BCUT2D eigenvalue weighted by atomic mass is 10.7. The molecule has 2 nitrogen and oxygen atoms in total. The van der Waals surface area contributed by atoms with Gasteiger partial charge in [-0.05, 0) is 24.0 Å². The van der Waals surface area contributed by atoms with Crippen LogP contribution in [-0.2, 0) is 0 Å². The lowest BCUT2D eigenvalue weighted by Gasteiger charge is -1.96. The number of nitrogens with one attached hydrogen (secondary N) is 1. The van der Waals surface area contributed by atoms with Crippen molar-refractivity contribution in [3.8, 4) is 0 Å². The van der Waals surface area contributed by atoms with Gasteiger partial charge in [0.25, 0.3) is 0 Å². The van der Waals surface area contributed by atoms with Crippen LogP contribution in [-0.4, -0.2) is 38.7 Å². The molecule has 2 saturated heterocycles. The molecule has 68 valence electrons. The van der Waals surface area contributed by atoms with Gasteiger partial charge in [0.1, 0.15) is 6.54 Å². The number of halogens is 1. The van der Waals surface area contributed by atoms with Crippen molar-refractivity contribution in [3.63, 3.8) is 0 Å². The van der Waals surface area contributed by atoms with Crippen molar-refractivity contribution in [1.29, 1.82) is 0 Å². The molecule has 0 aromatic heterocycles. The van der Waals surface area contributed by atoms with Gasteiger partial charge in [-0.3, -0.25) is 5.32 Å². The maximum Gasteiger partial charge on any atom is 0.312 e. The lowest BCUT2D eigenvalue weighted by Crippen LogP contribution is -3.00. The van der Waals surface area contributed by atoms with E-state index in [1.165, 1.54) is 10.9 Å². The summed E-state index contributed by atoms with van der Waals surface area (Å²) in [4.78, 5) is 0. The highest BCUT2D eigenvalue weighted by molar-refractivity contribution is 8.22. The second-order valence-corrected chi connectivity index (χ2v) is 5.16. The quantitative estimate of drug-likeness (QED) is 0.379. The van der Waals surface area contributed by atoms with Crippen LogP contribution in [0.2, 0.25) is 0 Å². The summed E-state index contributed by atoms with van der Waals surface area (Å²) in [6, 6.07) is 0. The van der Waals surface area contributed by atoms with E-state index in [4.69, 9.17) is 12.2 Å². The SMILES string of the molecule is S=C1SCC/[N+]1=C1\NCCS1.[Cl-]. The fraction of sp³-hybridized carbons (Fsp3) is 0.667. The minimum absolute atomic E-state index is 0. The fourth-order valence-electron chi connectivity index (χ4n) is 1.11. The molecule has 0 aromatic rings. The molecule has 0 unspecified atom stereocenters. The molecule has 6 heteroatoms. The zero-order valence-electron chi connectivity index (χ0n) is 6.38. The van der Waals surface area contributed by atoms with E-state index in [0.29, 0.717) is 0 Å². The summed E-state index contributed by atoms with van der Waals surface area (Å²) >= 11 is 8.84. The predicted octanol–water partition coefficient (Wildman–Crippen LogP) is -2.27. The van der Waals surface area contributed by atoms with Crippen molar-refractivity contribution >= 4 is 45.2 Å². The van der Waals surface area contributed by atoms with E-state index in [2.05, 4.69) is 9.89 Å². The van der Waals surface area contributed by atoms with E-state index in [1.807, 2.05) is 11.8 Å². The number of amidine groups is 1. The maximum absolute atomic E-state index is 5.19. The van der Waals surface area contributed by atoms with Gasteiger partial charge >= 0.3 is 5.17 Å². The minimum atomic E-state index is 0. The van der Waals surface area contributed by atoms with Gasteiger partial charge in [0.2, 0.25) is 4.32 Å². The van der Waals surface area contributed by atoms with Crippen molar-refractivity contribution in [2.45, 2.75) is 0 Å². The predicted molar refractivity (Wildman–Crippen MR) is 55.7 cm³/mol. The third-order valence-corrected chi connectivity index (χ3v) is 4.10. The molecule has 0 radical (unpaired) electrons. The highest BCUT2D eigenvalue weighted by atomic mass is 35.5. The largest absolute Gasteiger partial charge is 1.00 e. The zero-order valence-corrected chi connectivity index (χ0v) is 9.58. The molecule has 2 rings (SSSR count). The van der Waals surface area contributed by atoms with Gasteiger partial charge in [0.05, 0.1) is 6.54 Å². The minimum Gasteiger partial charge on any atom is -1.00 e. The Balaban J connectivity index is 0.000000720. The topological polar surface area (TPSA) is 15.0 Å². The van der Waals surface area contributed by atoms with Crippen LogP contribution >= 0.6 is 35.7 Å². The molecule has 0 aromatic carbocycles. The second-order valence-electron chi connectivity index (χ2n) is 2.35. The molecule has 12 heavy (non-hydrogen) atoms. The van der Waals surface area contributed by atoms with E-state index in [0.717, 1.165) is 23.2 Å². The highest BCUT2D eigenvalue weighted by Crippen LogP contribution is 2.17. The van der Waals surface area contributed by atoms with Gasteiger partial charge in [-0.15, -0.1) is 0 Å². The Morgan fingerprint density at radius 1 is 1.33 bits per heavy atom. The Bertz CT molecular complexity index is 221. The molecule has 2 aliphatic heterocycles. The van der Waals surface area contributed by atoms with Crippen molar-refractivity contribution in [2.24, 2.45) is 0 Å². The first kappa shape index (κ1) is 10.6. The summed E-state index contributed by atoms with van der Waals surface area (Å²) in [6.07, 6.45) is 0. The Kier molecular flexibility index (Phi) is 4.16. The average molecular weight is 241 g/mol. The third kappa shape index (κ3) is 2.07. The summed E-state index contributed by atoms with van der Waals surface area (Å²) in [5, 5.41) is 4.60. The summed E-state index contributed by atoms with van der Waals surface area (Å²) in [5.41, 5.74) is 0. The molecular formula is C6H9ClN2S3. The average Bonchev–Trinajstić information content (AvgIpc) is 2.55. The van der Waals surface area contributed by atoms with E-state index < -0.39 is 0 Å². The van der Waals surface area contributed by atoms with Gasteiger partial charge in [-0.2, -0.15) is 0 Å². The molecular weight excluding hydrogens is 232 g/mol. The Morgan fingerprint density at radius 3 is 2.67 bits per heavy atom. The molecule has 2 fully saturated rings. The molecule has 0 aliphatic carbocycles. The molecule has 0 atom stereocenters. The van der Waals surface area contributed by atoms with E-state index in [-0.39, 0.29) is 12.4 Å². The van der Waals surface area contributed by atoms with E-state index in [1.54, 1.807) is 11.8 Å². The van der Waals surface area contributed by atoms with Crippen LogP contribution in [0.15, 0.2) is 0 Å². The zero-order chi connectivity index (χ0) is 7.68. The lowest BCUT2D eigenvalue weighted by molar-refractivity contribution is -0.386. The number of thioether (sulfide) groups is 2. The van der Waals surface area contributed by atoms with Crippen LogP contribution in [0.4, 0.5) is 0 Å². The molecule has 0 saturated carbocycles.